The van der Waals surface area contributed by atoms with E-state index in [1.54, 1.807) is 0 Å². The second kappa shape index (κ2) is 6.22. The van der Waals surface area contributed by atoms with Crippen molar-refractivity contribution < 1.29 is 0 Å². The molecule has 0 aliphatic rings. The van der Waals surface area contributed by atoms with Crippen LogP contribution in [-0.4, -0.2) is 0 Å². The second-order valence-electron chi connectivity index (χ2n) is 4.47. The minimum atomic E-state index is 0.627. The molecule has 0 aliphatic carbocycles. The molecule has 0 fully saturated rings. The van der Waals surface area contributed by atoms with Crippen LogP contribution in [-0.2, 0) is 6.42 Å². The molecule has 0 N–H and O–H groups in total. The summed E-state index contributed by atoms with van der Waals surface area (Å²) in [7, 11) is 0. The monoisotopic (exact) mass is 267 g/mol. The van der Waals surface area contributed by atoms with Gasteiger partial charge in [0, 0.05) is 17.0 Å². The average Bonchev–Trinajstić information content (AvgIpc) is 2.43. The Labute approximate surface area is 118 Å². The van der Waals surface area contributed by atoms with Crippen LogP contribution < -0.4 is 0 Å². The fourth-order valence-electron chi connectivity index (χ4n) is 1.83. The molecule has 0 saturated carbocycles. The molecule has 2 aromatic rings. The lowest BCUT2D eigenvalue weighted by atomic mass is 10.0. The summed E-state index contributed by atoms with van der Waals surface area (Å²) in [5, 5.41) is 9.90. The third kappa shape index (κ3) is 3.71. The first-order chi connectivity index (χ1) is 9.19. The molecule has 2 heteroatoms. The van der Waals surface area contributed by atoms with E-state index in [9.17, 15) is 5.26 Å². The first kappa shape index (κ1) is 13.4. The third-order valence-corrected chi connectivity index (χ3v) is 3.24. The van der Waals surface area contributed by atoms with E-state index in [0.717, 1.165) is 11.1 Å². The zero-order chi connectivity index (χ0) is 13.7. The molecule has 19 heavy (non-hydrogen) atoms. The van der Waals surface area contributed by atoms with Gasteiger partial charge in [-0.3, -0.25) is 0 Å². The third-order valence-electron chi connectivity index (χ3n) is 2.89. The smallest absolute Gasteiger partial charge is 0.0950 e. The Hall–Kier alpha value is -2.04. The number of benzene rings is 2. The summed E-state index contributed by atoms with van der Waals surface area (Å²) in [5.41, 5.74) is 3.94. The predicted octanol–water partition coefficient (Wildman–Crippen LogP) is 4.80. The minimum absolute atomic E-state index is 0.627. The summed E-state index contributed by atoms with van der Waals surface area (Å²) < 4.78 is 0. The van der Waals surface area contributed by atoms with Crippen LogP contribution in [0, 0.1) is 18.3 Å². The lowest BCUT2D eigenvalue weighted by Crippen LogP contribution is -1.89. The zero-order valence-electron chi connectivity index (χ0n) is 10.7. The molecular formula is C17H14ClN. The van der Waals surface area contributed by atoms with Crippen molar-refractivity contribution in [3.63, 3.8) is 0 Å². The highest BCUT2D eigenvalue weighted by Crippen LogP contribution is 2.19. The summed E-state index contributed by atoms with van der Waals surface area (Å²) in [4.78, 5) is 0. The van der Waals surface area contributed by atoms with Gasteiger partial charge in [-0.25, -0.2) is 0 Å². The van der Waals surface area contributed by atoms with Crippen molar-refractivity contribution in [1.82, 2.24) is 0 Å². The Morgan fingerprint density at radius 1 is 1.16 bits per heavy atom. The fourth-order valence-corrected chi connectivity index (χ4v) is 2.02. The first-order valence-electron chi connectivity index (χ1n) is 6.10. The maximum atomic E-state index is 9.23. The molecule has 0 saturated heterocycles. The van der Waals surface area contributed by atoms with Crippen LogP contribution in [0.3, 0.4) is 0 Å². The van der Waals surface area contributed by atoms with Crippen LogP contribution in [0.5, 0.6) is 0 Å². The molecule has 1 nitrogen and oxygen atoms in total. The molecule has 94 valence electrons. The van der Waals surface area contributed by atoms with Gasteiger partial charge in [0.1, 0.15) is 0 Å². The number of halogens is 1. The van der Waals surface area contributed by atoms with Crippen molar-refractivity contribution in [2.45, 2.75) is 13.3 Å². The molecule has 0 aliphatic heterocycles. The summed E-state index contributed by atoms with van der Waals surface area (Å²) >= 11 is 6.10. The highest BCUT2D eigenvalue weighted by Gasteiger charge is 2.01. The van der Waals surface area contributed by atoms with Gasteiger partial charge < -0.3 is 0 Å². The number of allylic oxidation sites excluding steroid dienone is 1. The molecule has 0 spiro atoms. The van der Waals surface area contributed by atoms with Gasteiger partial charge in [0.05, 0.1) is 6.07 Å². The van der Waals surface area contributed by atoms with E-state index >= 15 is 0 Å². The van der Waals surface area contributed by atoms with E-state index in [2.05, 4.69) is 25.1 Å². The van der Waals surface area contributed by atoms with E-state index in [4.69, 9.17) is 11.6 Å². The number of hydrogen-bond donors (Lipinski definition) is 0. The largest absolute Gasteiger partial charge is 0.193 e. The molecule has 0 amide bonds. The summed E-state index contributed by atoms with van der Waals surface area (Å²) in [6, 6.07) is 18.0. The Bertz CT molecular complexity index is 633. The van der Waals surface area contributed by atoms with E-state index < -0.39 is 0 Å². The van der Waals surface area contributed by atoms with Gasteiger partial charge in [-0.2, -0.15) is 5.26 Å². The number of hydrogen-bond acceptors (Lipinski definition) is 1. The van der Waals surface area contributed by atoms with Crippen molar-refractivity contribution >= 4 is 17.7 Å². The van der Waals surface area contributed by atoms with Gasteiger partial charge in [0.15, 0.2) is 0 Å². The van der Waals surface area contributed by atoms with Crippen molar-refractivity contribution in [2.75, 3.05) is 0 Å². The lowest BCUT2D eigenvalue weighted by molar-refractivity contribution is 1.20. The van der Waals surface area contributed by atoms with E-state index in [1.165, 1.54) is 5.56 Å². The summed E-state index contributed by atoms with van der Waals surface area (Å²) in [6.45, 7) is 2.05. The summed E-state index contributed by atoms with van der Waals surface area (Å²) in [6.07, 6.45) is 2.48. The highest BCUT2D eigenvalue weighted by atomic mass is 35.5. The standard InChI is InChI=1S/C17H14ClN/c1-13-6-8-14(9-7-13)10-15(12-19)11-16-4-2-3-5-17(16)18/h2-9,11H,10H2,1H3/b15-11-. The second-order valence-corrected chi connectivity index (χ2v) is 4.87. The van der Waals surface area contributed by atoms with Gasteiger partial charge in [0.2, 0.25) is 0 Å². The SMILES string of the molecule is Cc1ccc(C/C(C#N)=C/c2ccccc2Cl)cc1. The van der Waals surface area contributed by atoms with Gasteiger partial charge in [-0.15, -0.1) is 0 Å². The average molecular weight is 268 g/mol. The number of aryl methyl sites for hydroxylation is 1. The van der Waals surface area contributed by atoms with Crippen molar-refractivity contribution in [3.05, 3.63) is 75.8 Å². The number of rotatable bonds is 3. The Morgan fingerprint density at radius 3 is 2.47 bits per heavy atom. The molecule has 0 unspecified atom stereocenters. The van der Waals surface area contributed by atoms with Gasteiger partial charge in [0.25, 0.3) is 0 Å². The van der Waals surface area contributed by atoms with Crippen LogP contribution in [0.1, 0.15) is 16.7 Å². The first-order valence-corrected chi connectivity index (χ1v) is 6.47. The van der Waals surface area contributed by atoms with Crippen molar-refractivity contribution in [2.24, 2.45) is 0 Å². The molecule has 0 heterocycles. The molecular weight excluding hydrogens is 254 g/mol. The molecule has 0 atom stereocenters. The fraction of sp³-hybridized carbons (Fsp3) is 0.118. The summed E-state index contributed by atoms with van der Waals surface area (Å²) in [5.74, 6) is 0. The Morgan fingerprint density at radius 2 is 1.84 bits per heavy atom. The van der Waals surface area contributed by atoms with Crippen LogP contribution >= 0.6 is 11.6 Å². The van der Waals surface area contributed by atoms with E-state index in [0.29, 0.717) is 17.0 Å². The van der Waals surface area contributed by atoms with Crippen LogP contribution in [0.4, 0.5) is 0 Å². The topological polar surface area (TPSA) is 23.8 Å². The number of nitriles is 1. The van der Waals surface area contributed by atoms with Crippen molar-refractivity contribution in [1.29, 1.82) is 5.26 Å². The van der Waals surface area contributed by atoms with Crippen LogP contribution in [0.15, 0.2) is 54.1 Å². The molecule has 0 radical (unpaired) electrons. The predicted molar refractivity (Wildman–Crippen MR) is 79.9 cm³/mol. The maximum Gasteiger partial charge on any atom is 0.0950 e. The molecule has 0 bridgehead atoms. The van der Waals surface area contributed by atoms with Crippen LogP contribution in [0.2, 0.25) is 5.02 Å². The van der Waals surface area contributed by atoms with Gasteiger partial charge in [-0.05, 0) is 30.2 Å². The number of nitrogens with zero attached hydrogens (tertiary/aromatic N) is 1. The highest BCUT2D eigenvalue weighted by molar-refractivity contribution is 6.32. The van der Waals surface area contributed by atoms with E-state index in [1.807, 2.05) is 42.5 Å². The van der Waals surface area contributed by atoms with Crippen molar-refractivity contribution in [3.8, 4) is 6.07 Å². The quantitative estimate of drug-likeness (QED) is 0.733. The van der Waals surface area contributed by atoms with Crippen LogP contribution in [0.25, 0.3) is 6.08 Å². The lowest BCUT2D eigenvalue weighted by Gasteiger charge is -2.02. The van der Waals surface area contributed by atoms with Gasteiger partial charge >= 0.3 is 0 Å². The molecule has 2 aromatic carbocycles. The van der Waals surface area contributed by atoms with E-state index in [-0.39, 0.29) is 0 Å². The molecule has 2 rings (SSSR count). The molecule has 0 aromatic heterocycles. The maximum absolute atomic E-state index is 9.23. The minimum Gasteiger partial charge on any atom is -0.193 e. The Kier molecular flexibility index (Phi) is 4.39. The normalized spacial score (nSPS) is 11.1. The zero-order valence-corrected chi connectivity index (χ0v) is 11.5. The Balaban J connectivity index is 2.24. The van der Waals surface area contributed by atoms with Gasteiger partial charge in [-0.1, -0.05) is 59.6 Å².